The summed E-state index contributed by atoms with van der Waals surface area (Å²) in [4.78, 5) is 29.6. The molecular formula is C27H40O3. The molecule has 0 aliphatic heterocycles. The van der Waals surface area contributed by atoms with Gasteiger partial charge in [0.2, 0.25) is 0 Å². The third-order valence-electron chi connectivity index (χ3n) is 4.21. The number of rotatable bonds is 16. The van der Waals surface area contributed by atoms with Crippen molar-refractivity contribution < 1.29 is 14.4 Å². The molecule has 0 N–H and O–H groups in total. The highest BCUT2D eigenvalue weighted by Gasteiger charge is 1.95. The van der Waals surface area contributed by atoms with Crippen molar-refractivity contribution in [2.24, 2.45) is 0 Å². The first kappa shape index (κ1) is 29.6. The fourth-order valence-corrected chi connectivity index (χ4v) is 2.46. The van der Waals surface area contributed by atoms with Crippen molar-refractivity contribution in [1.82, 2.24) is 0 Å². The lowest BCUT2D eigenvalue weighted by molar-refractivity contribution is -0.108. The van der Waals surface area contributed by atoms with Crippen LogP contribution in [-0.2, 0) is 14.4 Å². The summed E-state index contributed by atoms with van der Waals surface area (Å²) in [6, 6.07) is 9.93. The zero-order valence-electron chi connectivity index (χ0n) is 18.6. The lowest BCUT2D eigenvalue weighted by Crippen LogP contribution is -1.83. The van der Waals surface area contributed by atoms with Crippen LogP contribution in [0.1, 0.15) is 82.6 Å². The van der Waals surface area contributed by atoms with Gasteiger partial charge in [0, 0.05) is 19.3 Å². The van der Waals surface area contributed by atoms with E-state index in [1.807, 2.05) is 36.4 Å². The topological polar surface area (TPSA) is 51.2 Å². The molecule has 1 aromatic carbocycles. The lowest BCUT2D eigenvalue weighted by Gasteiger charge is -2.01. The summed E-state index contributed by atoms with van der Waals surface area (Å²) >= 11 is 0. The van der Waals surface area contributed by atoms with E-state index in [1.54, 1.807) is 6.08 Å². The maximum Gasteiger partial charge on any atom is 0.120 e. The van der Waals surface area contributed by atoms with E-state index in [0.717, 1.165) is 62.1 Å². The molecule has 166 valence electrons. The van der Waals surface area contributed by atoms with Gasteiger partial charge >= 0.3 is 0 Å². The van der Waals surface area contributed by atoms with Gasteiger partial charge in [0.15, 0.2) is 0 Å². The van der Waals surface area contributed by atoms with E-state index in [1.165, 1.54) is 32.1 Å². The molecule has 0 bridgehead atoms. The molecule has 0 spiro atoms. The standard InChI is InChI=1S/C11H12O.C11H20O.C5H8O/c1-10(6-5-9-12)11-7-3-2-4-8-11;1-2-3-4-5-6-7-8-9-10-11-12;1-2-3-4-5-6/h2-4,7-9H,1,5-6H2;2,11H,1,3-10H2;2,5H,1,3-4H2. The van der Waals surface area contributed by atoms with Crippen molar-refractivity contribution in [2.75, 3.05) is 0 Å². The fourth-order valence-electron chi connectivity index (χ4n) is 2.46. The number of carbonyl (C=O) groups is 3. The van der Waals surface area contributed by atoms with Crippen LogP contribution < -0.4 is 0 Å². The zero-order valence-corrected chi connectivity index (χ0v) is 18.6. The molecule has 0 radical (unpaired) electrons. The number of aldehydes is 3. The molecule has 0 amide bonds. The minimum Gasteiger partial charge on any atom is -0.303 e. The third kappa shape index (κ3) is 23.5. The Morgan fingerprint density at radius 2 is 1.13 bits per heavy atom. The van der Waals surface area contributed by atoms with Crippen molar-refractivity contribution in [3.63, 3.8) is 0 Å². The summed E-state index contributed by atoms with van der Waals surface area (Å²) in [5.74, 6) is 0. The Morgan fingerprint density at radius 1 is 0.633 bits per heavy atom. The maximum absolute atomic E-state index is 10.1. The van der Waals surface area contributed by atoms with E-state index >= 15 is 0 Å². The molecule has 0 fully saturated rings. The molecule has 0 aromatic heterocycles. The fraction of sp³-hybridized carbons (Fsp3) is 0.444. The first-order valence-corrected chi connectivity index (χ1v) is 10.9. The molecular weight excluding hydrogens is 372 g/mol. The van der Waals surface area contributed by atoms with E-state index in [2.05, 4.69) is 19.7 Å². The van der Waals surface area contributed by atoms with Gasteiger partial charge < -0.3 is 14.4 Å². The molecule has 3 heteroatoms. The molecule has 3 nitrogen and oxygen atoms in total. The van der Waals surface area contributed by atoms with Crippen molar-refractivity contribution >= 4 is 24.4 Å². The number of allylic oxidation sites excluding steroid dienone is 3. The van der Waals surface area contributed by atoms with Gasteiger partial charge in [-0.1, -0.05) is 74.7 Å². The Balaban J connectivity index is 0. The second-order valence-electron chi connectivity index (χ2n) is 6.86. The van der Waals surface area contributed by atoms with Crippen LogP contribution in [0.25, 0.3) is 5.57 Å². The molecule has 0 heterocycles. The number of hydrogen-bond donors (Lipinski definition) is 0. The second kappa shape index (κ2) is 26.4. The summed E-state index contributed by atoms with van der Waals surface area (Å²) in [7, 11) is 0. The van der Waals surface area contributed by atoms with Crippen molar-refractivity contribution in [3.8, 4) is 0 Å². The first-order chi connectivity index (χ1) is 14.7. The number of carbonyl (C=O) groups excluding carboxylic acids is 3. The normalized spacial score (nSPS) is 9.07. The summed E-state index contributed by atoms with van der Waals surface area (Å²) in [6.45, 7) is 11.0. The van der Waals surface area contributed by atoms with Crippen LogP contribution >= 0.6 is 0 Å². The SMILES string of the molecule is C=C(CCC=O)c1ccccc1.C=CCCC=O.C=CCCCCCCCCC=O. The Labute approximate surface area is 184 Å². The first-order valence-electron chi connectivity index (χ1n) is 10.9. The monoisotopic (exact) mass is 412 g/mol. The second-order valence-corrected chi connectivity index (χ2v) is 6.86. The van der Waals surface area contributed by atoms with Gasteiger partial charge in [-0.2, -0.15) is 0 Å². The van der Waals surface area contributed by atoms with Crippen LogP contribution in [0.3, 0.4) is 0 Å². The Bertz CT molecular complexity index is 539. The van der Waals surface area contributed by atoms with E-state index in [9.17, 15) is 14.4 Å². The summed E-state index contributed by atoms with van der Waals surface area (Å²) < 4.78 is 0. The van der Waals surface area contributed by atoms with Gasteiger partial charge in [-0.25, -0.2) is 0 Å². The predicted octanol–water partition coefficient (Wildman–Crippen LogP) is 7.32. The molecule has 0 unspecified atom stereocenters. The summed E-state index contributed by atoms with van der Waals surface area (Å²) in [5, 5.41) is 0. The summed E-state index contributed by atoms with van der Waals surface area (Å²) in [6.07, 6.45) is 18.6. The largest absolute Gasteiger partial charge is 0.303 e. The third-order valence-corrected chi connectivity index (χ3v) is 4.21. The minimum absolute atomic E-state index is 0.563. The van der Waals surface area contributed by atoms with Crippen LogP contribution in [0.15, 0.2) is 62.2 Å². The van der Waals surface area contributed by atoms with E-state index in [0.29, 0.717) is 12.8 Å². The molecule has 0 saturated heterocycles. The number of benzene rings is 1. The van der Waals surface area contributed by atoms with Crippen LogP contribution in [0.5, 0.6) is 0 Å². The zero-order chi connectivity index (χ0) is 22.7. The quantitative estimate of drug-likeness (QED) is 0.162. The van der Waals surface area contributed by atoms with E-state index in [4.69, 9.17) is 0 Å². The Morgan fingerprint density at radius 3 is 1.60 bits per heavy atom. The molecule has 0 aliphatic rings. The van der Waals surface area contributed by atoms with Crippen LogP contribution in [-0.4, -0.2) is 18.9 Å². The highest BCUT2D eigenvalue weighted by molar-refractivity contribution is 5.65. The van der Waals surface area contributed by atoms with Gasteiger partial charge in [-0.3, -0.25) is 0 Å². The Kier molecular flexibility index (Phi) is 26.1. The van der Waals surface area contributed by atoms with Gasteiger partial charge in [-0.15, -0.1) is 13.2 Å². The highest BCUT2D eigenvalue weighted by Crippen LogP contribution is 2.16. The van der Waals surface area contributed by atoms with Gasteiger partial charge in [0.05, 0.1) is 0 Å². The smallest absolute Gasteiger partial charge is 0.120 e. The molecule has 0 saturated carbocycles. The van der Waals surface area contributed by atoms with Gasteiger partial charge in [-0.05, 0) is 43.2 Å². The van der Waals surface area contributed by atoms with Gasteiger partial charge in [0.1, 0.15) is 18.9 Å². The van der Waals surface area contributed by atoms with Crippen molar-refractivity contribution in [2.45, 2.75) is 77.0 Å². The average Bonchev–Trinajstić information content (AvgIpc) is 2.79. The number of hydrogen-bond acceptors (Lipinski definition) is 3. The predicted molar refractivity (Wildman–Crippen MR) is 129 cm³/mol. The molecule has 30 heavy (non-hydrogen) atoms. The van der Waals surface area contributed by atoms with Crippen molar-refractivity contribution in [3.05, 3.63) is 67.8 Å². The van der Waals surface area contributed by atoms with Crippen LogP contribution in [0, 0.1) is 0 Å². The highest BCUT2D eigenvalue weighted by atomic mass is 16.1. The Hall–Kier alpha value is -2.55. The van der Waals surface area contributed by atoms with Crippen molar-refractivity contribution in [1.29, 1.82) is 0 Å². The lowest BCUT2D eigenvalue weighted by atomic mass is 10.0. The number of unbranched alkanes of at least 4 members (excludes halogenated alkanes) is 8. The average molecular weight is 413 g/mol. The van der Waals surface area contributed by atoms with Gasteiger partial charge in [0.25, 0.3) is 0 Å². The van der Waals surface area contributed by atoms with E-state index < -0.39 is 0 Å². The summed E-state index contributed by atoms with van der Waals surface area (Å²) in [5.41, 5.74) is 2.15. The molecule has 1 aromatic rings. The maximum atomic E-state index is 10.1. The van der Waals surface area contributed by atoms with E-state index in [-0.39, 0.29) is 0 Å². The van der Waals surface area contributed by atoms with Crippen LogP contribution in [0.4, 0.5) is 0 Å². The molecule has 1 rings (SSSR count). The van der Waals surface area contributed by atoms with Crippen LogP contribution in [0.2, 0.25) is 0 Å². The minimum atomic E-state index is 0.563. The molecule has 0 atom stereocenters. The molecule has 0 aliphatic carbocycles.